The lowest BCUT2D eigenvalue weighted by Crippen LogP contribution is -1.95. The van der Waals surface area contributed by atoms with E-state index in [0.717, 1.165) is 16.6 Å². The molecule has 0 amide bonds. The van der Waals surface area contributed by atoms with Gasteiger partial charge in [-0.25, -0.2) is 9.50 Å². The van der Waals surface area contributed by atoms with E-state index in [9.17, 15) is 0 Å². The van der Waals surface area contributed by atoms with Crippen molar-refractivity contribution in [1.29, 1.82) is 0 Å². The normalized spacial score (nSPS) is 11.6. The third-order valence-corrected chi connectivity index (χ3v) is 5.14. The molecule has 0 aliphatic rings. The molecule has 26 heavy (non-hydrogen) atoms. The summed E-state index contributed by atoms with van der Waals surface area (Å²) in [5.74, 6) is 0.841. The summed E-state index contributed by atoms with van der Waals surface area (Å²) in [4.78, 5) is 4.67. The zero-order chi connectivity index (χ0) is 17.7. The molecular weight excluding hydrogens is 374 g/mol. The van der Waals surface area contributed by atoms with Crippen LogP contribution in [0.5, 0.6) is 0 Å². The van der Waals surface area contributed by atoms with E-state index in [1.54, 1.807) is 22.9 Å². The van der Waals surface area contributed by atoms with Crippen LogP contribution >= 0.6 is 23.4 Å². The number of fused-ring (bicyclic) bond motifs is 3. The molecule has 0 aliphatic carbocycles. The van der Waals surface area contributed by atoms with Crippen molar-refractivity contribution in [2.24, 2.45) is 0 Å². The number of nitrogens with zero attached hydrogens (tertiary/aromatic N) is 5. The van der Waals surface area contributed by atoms with Crippen LogP contribution in [-0.2, 0) is 0 Å². The molecule has 1 aromatic carbocycles. The Morgan fingerprint density at radius 1 is 1.12 bits per heavy atom. The van der Waals surface area contributed by atoms with Gasteiger partial charge < -0.3 is 8.83 Å². The van der Waals surface area contributed by atoms with Gasteiger partial charge in [0.05, 0.1) is 17.5 Å². The van der Waals surface area contributed by atoms with E-state index < -0.39 is 0 Å². The number of aryl methyl sites for hydroxylation is 1. The summed E-state index contributed by atoms with van der Waals surface area (Å²) in [6.07, 6.45) is 1.55. The Kier molecular flexibility index (Phi) is 3.47. The fraction of sp³-hybridized carbons (Fsp3) is 0.0588. The maximum absolute atomic E-state index is 6.37. The Morgan fingerprint density at radius 3 is 2.85 bits per heavy atom. The zero-order valence-corrected chi connectivity index (χ0v) is 15.0. The largest absolute Gasteiger partial charge is 0.459 e. The Bertz CT molecular complexity index is 1250. The summed E-state index contributed by atoms with van der Waals surface area (Å²) >= 11 is 7.64. The Labute approximate surface area is 156 Å². The second-order valence-corrected chi connectivity index (χ2v) is 6.84. The fourth-order valence-electron chi connectivity index (χ4n) is 2.67. The average molecular weight is 384 g/mol. The highest BCUT2D eigenvalue weighted by Gasteiger charge is 2.18. The van der Waals surface area contributed by atoms with Crippen molar-refractivity contribution in [2.45, 2.75) is 17.2 Å². The first-order valence-electron chi connectivity index (χ1n) is 7.69. The zero-order valence-electron chi connectivity index (χ0n) is 13.4. The van der Waals surface area contributed by atoms with Crippen molar-refractivity contribution < 1.29 is 8.83 Å². The van der Waals surface area contributed by atoms with Gasteiger partial charge in [-0.15, -0.1) is 10.2 Å². The van der Waals surface area contributed by atoms with Crippen LogP contribution in [0.1, 0.15) is 5.69 Å². The van der Waals surface area contributed by atoms with Crippen LogP contribution in [-0.4, -0.2) is 24.8 Å². The van der Waals surface area contributed by atoms with Crippen molar-refractivity contribution in [3.05, 3.63) is 53.4 Å². The van der Waals surface area contributed by atoms with E-state index in [0.29, 0.717) is 32.6 Å². The number of hydrogen-bond acceptors (Lipinski definition) is 7. The monoisotopic (exact) mass is 383 g/mol. The van der Waals surface area contributed by atoms with E-state index in [-0.39, 0.29) is 0 Å². The number of benzene rings is 1. The smallest absolute Gasteiger partial charge is 0.284 e. The summed E-state index contributed by atoms with van der Waals surface area (Å²) in [6, 6.07) is 11.4. The molecule has 4 aromatic heterocycles. The molecule has 7 nitrogen and oxygen atoms in total. The minimum Gasteiger partial charge on any atom is -0.459 e. The van der Waals surface area contributed by atoms with Crippen LogP contribution in [0.15, 0.2) is 61.7 Å². The van der Waals surface area contributed by atoms with Crippen LogP contribution in [0.3, 0.4) is 0 Å². The molecule has 4 heterocycles. The molecule has 0 radical (unpaired) electrons. The third-order valence-electron chi connectivity index (χ3n) is 3.86. The summed E-state index contributed by atoms with van der Waals surface area (Å²) in [6.45, 7) is 1.85. The van der Waals surface area contributed by atoms with Gasteiger partial charge in [-0.2, -0.15) is 5.10 Å². The van der Waals surface area contributed by atoms with E-state index >= 15 is 0 Å². The van der Waals surface area contributed by atoms with Gasteiger partial charge in [0.1, 0.15) is 10.0 Å². The van der Waals surface area contributed by atoms with Crippen molar-refractivity contribution in [3.8, 4) is 11.7 Å². The highest BCUT2D eigenvalue weighted by molar-refractivity contribution is 7.99. The fourth-order valence-corrected chi connectivity index (χ4v) is 3.61. The molecule has 9 heteroatoms. The van der Waals surface area contributed by atoms with Gasteiger partial charge in [0.25, 0.3) is 11.1 Å². The van der Waals surface area contributed by atoms with Gasteiger partial charge in [-0.3, -0.25) is 0 Å². The molecule has 0 fully saturated rings. The first kappa shape index (κ1) is 15.4. The summed E-state index contributed by atoms with van der Waals surface area (Å²) in [5.41, 5.74) is 2.22. The van der Waals surface area contributed by atoms with Crippen LogP contribution in [0.2, 0.25) is 5.02 Å². The number of hydrogen-bond donors (Lipinski definition) is 0. The number of rotatable bonds is 3. The molecule has 5 aromatic rings. The molecule has 0 saturated heterocycles. The van der Waals surface area contributed by atoms with Gasteiger partial charge in [0, 0.05) is 5.39 Å². The first-order valence-corrected chi connectivity index (χ1v) is 8.89. The molecule has 5 rings (SSSR count). The molecule has 0 saturated carbocycles. The second kappa shape index (κ2) is 5.86. The molecule has 0 atom stereocenters. The van der Waals surface area contributed by atoms with Gasteiger partial charge >= 0.3 is 0 Å². The van der Waals surface area contributed by atoms with Crippen LogP contribution in [0.25, 0.3) is 28.2 Å². The van der Waals surface area contributed by atoms with Crippen molar-refractivity contribution >= 4 is 39.9 Å². The molecule has 128 valence electrons. The van der Waals surface area contributed by atoms with Gasteiger partial charge in [-0.05, 0) is 36.9 Å². The molecular formula is C17H10ClN5O2S. The topological polar surface area (TPSA) is 82.2 Å². The summed E-state index contributed by atoms with van der Waals surface area (Å²) < 4.78 is 12.7. The predicted octanol–water partition coefficient (Wildman–Crippen LogP) is 4.64. The highest BCUT2D eigenvalue weighted by atomic mass is 35.5. The minimum atomic E-state index is 0.320. The molecule has 0 spiro atoms. The maximum atomic E-state index is 6.37. The van der Waals surface area contributed by atoms with Crippen molar-refractivity contribution in [1.82, 2.24) is 24.8 Å². The van der Waals surface area contributed by atoms with E-state index in [1.165, 1.54) is 11.8 Å². The van der Waals surface area contributed by atoms with Crippen molar-refractivity contribution in [3.63, 3.8) is 0 Å². The van der Waals surface area contributed by atoms with E-state index in [4.69, 9.17) is 20.4 Å². The molecule has 0 bridgehead atoms. The molecule has 0 N–H and O–H groups in total. The number of para-hydroxylation sites is 1. The lowest BCUT2D eigenvalue weighted by atomic mass is 10.2. The molecule has 0 aliphatic heterocycles. The van der Waals surface area contributed by atoms with Crippen LogP contribution in [0.4, 0.5) is 0 Å². The SMILES string of the molecule is Cc1nn2c(nc(Sc3nnc(-c4ccco4)o3)c3ccccc32)c1Cl. The quantitative estimate of drug-likeness (QED) is 0.420. The minimum absolute atomic E-state index is 0.320. The second-order valence-electron chi connectivity index (χ2n) is 5.52. The third kappa shape index (κ3) is 2.38. The first-order chi connectivity index (χ1) is 12.7. The Hall–Kier alpha value is -2.84. The van der Waals surface area contributed by atoms with E-state index in [2.05, 4.69) is 20.3 Å². The summed E-state index contributed by atoms with van der Waals surface area (Å²) in [5, 5.41) is 15.1. The highest BCUT2D eigenvalue weighted by Crippen LogP contribution is 2.35. The number of aromatic nitrogens is 5. The van der Waals surface area contributed by atoms with Gasteiger partial charge in [-0.1, -0.05) is 29.8 Å². The maximum Gasteiger partial charge on any atom is 0.284 e. The van der Waals surface area contributed by atoms with Crippen LogP contribution in [0, 0.1) is 6.92 Å². The lowest BCUT2D eigenvalue weighted by molar-refractivity contribution is 0.447. The van der Waals surface area contributed by atoms with Crippen LogP contribution < -0.4 is 0 Å². The standard InChI is InChI=1S/C17H10ClN5O2S/c1-9-13(18)14-19-16(10-5-2-3-6-11(10)23(14)22-9)26-17-21-20-15(25-17)12-7-4-8-24-12/h2-8H,1H3. The van der Waals surface area contributed by atoms with Crippen molar-refractivity contribution in [2.75, 3.05) is 0 Å². The lowest BCUT2D eigenvalue weighted by Gasteiger charge is -2.05. The summed E-state index contributed by atoms with van der Waals surface area (Å²) in [7, 11) is 0. The van der Waals surface area contributed by atoms with Gasteiger partial charge in [0.15, 0.2) is 11.4 Å². The number of halogens is 1. The van der Waals surface area contributed by atoms with E-state index in [1.807, 2.05) is 31.2 Å². The predicted molar refractivity (Wildman–Crippen MR) is 96.4 cm³/mol. The number of furan rings is 1. The molecule has 0 unspecified atom stereocenters. The average Bonchev–Trinajstić information content (AvgIpc) is 3.38. The Morgan fingerprint density at radius 2 is 2.00 bits per heavy atom. The Balaban J connectivity index is 1.65. The van der Waals surface area contributed by atoms with Gasteiger partial charge in [0.2, 0.25) is 0 Å².